The number of benzene rings is 1. The highest BCUT2D eigenvalue weighted by Crippen LogP contribution is 2.27. The van der Waals surface area contributed by atoms with Crippen LogP contribution < -0.4 is 5.53 Å². The van der Waals surface area contributed by atoms with Crippen LogP contribution in [-0.4, -0.2) is 23.2 Å². The fraction of sp³-hybridized carbons (Fsp3) is 0.385. The van der Waals surface area contributed by atoms with Crippen LogP contribution >= 0.6 is 0 Å². The van der Waals surface area contributed by atoms with Gasteiger partial charge in [-0.3, -0.25) is 10.1 Å². The standard InChI is InChI=1S/C13H17N5O4/c1-4-10(13(19)22-5-2)14-16-17-15-11-7-6-8-12(9(11)3)18(20)21/h6-8H,4-5H2,1-3H3,(H,15,16). The van der Waals surface area contributed by atoms with E-state index in [1.807, 2.05) is 0 Å². The number of carbonyl (C=O) groups excluding carboxylic acids is 1. The van der Waals surface area contributed by atoms with Crippen LogP contribution in [0.4, 0.5) is 11.4 Å². The summed E-state index contributed by atoms with van der Waals surface area (Å²) in [6, 6.07) is 4.48. The molecule has 0 spiro atoms. The molecule has 0 aromatic heterocycles. The van der Waals surface area contributed by atoms with Crippen molar-refractivity contribution in [2.75, 3.05) is 6.61 Å². The number of nitrogens with one attached hydrogen (secondary N) is 1. The molecule has 0 radical (unpaired) electrons. The molecule has 0 aliphatic rings. The fourth-order valence-electron chi connectivity index (χ4n) is 1.56. The molecule has 0 heterocycles. The minimum Gasteiger partial charge on any atom is -0.461 e. The van der Waals surface area contributed by atoms with E-state index in [0.717, 1.165) is 0 Å². The first kappa shape index (κ1) is 17.2. The first-order chi connectivity index (χ1) is 10.5. The summed E-state index contributed by atoms with van der Waals surface area (Å²) in [5.74, 6) is -0.528. The molecule has 0 atom stereocenters. The summed E-state index contributed by atoms with van der Waals surface area (Å²) in [6.45, 7) is 5.28. The van der Waals surface area contributed by atoms with Gasteiger partial charge in [0.1, 0.15) is 5.71 Å². The monoisotopic (exact) mass is 307 g/mol. The van der Waals surface area contributed by atoms with Gasteiger partial charge in [0.25, 0.3) is 5.69 Å². The number of nitrogens with zero attached hydrogens (tertiary/aromatic N) is 4. The van der Waals surface area contributed by atoms with E-state index in [1.54, 1.807) is 26.8 Å². The predicted octanol–water partition coefficient (Wildman–Crippen LogP) is 2.82. The van der Waals surface area contributed by atoms with Crippen molar-refractivity contribution < 1.29 is 14.5 Å². The van der Waals surface area contributed by atoms with Crippen LogP contribution in [0.3, 0.4) is 0 Å². The minimum absolute atomic E-state index is 0.0410. The highest BCUT2D eigenvalue weighted by Gasteiger charge is 2.13. The van der Waals surface area contributed by atoms with E-state index in [4.69, 9.17) is 4.74 Å². The summed E-state index contributed by atoms with van der Waals surface area (Å²) in [5, 5.41) is 22.0. The number of hydrogen-bond acceptors (Lipinski definition) is 7. The van der Waals surface area contributed by atoms with Crippen molar-refractivity contribution in [2.24, 2.45) is 15.4 Å². The van der Waals surface area contributed by atoms with Gasteiger partial charge in [-0.15, -0.1) is 5.11 Å². The van der Waals surface area contributed by atoms with E-state index >= 15 is 0 Å². The number of nitro benzene ring substituents is 1. The van der Waals surface area contributed by atoms with Gasteiger partial charge in [-0.1, -0.05) is 18.2 Å². The molecule has 22 heavy (non-hydrogen) atoms. The lowest BCUT2D eigenvalue weighted by Crippen LogP contribution is -2.19. The summed E-state index contributed by atoms with van der Waals surface area (Å²) in [7, 11) is 0. The summed E-state index contributed by atoms with van der Waals surface area (Å²) in [5.41, 5.74) is 3.14. The Kier molecular flexibility index (Phi) is 6.61. The average Bonchev–Trinajstić information content (AvgIpc) is 2.48. The van der Waals surface area contributed by atoms with Gasteiger partial charge in [-0.2, -0.15) is 10.6 Å². The molecule has 1 aromatic rings. The van der Waals surface area contributed by atoms with Gasteiger partial charge >= 0.3 is 5.97 Å². The van der Waals surface area contributed by atoms with Crippen molar-refractivity contribution >= 4 is 23.1 Å². The second-order valence-corrected chi connectivity index (χ2v) is 4.11. The molecule has 1 aromatic carbocycles. The maximum absolute atomic E-state index is 11.5. The maximum atomic E-state index is 11.5. The van der Waals surface area contributed by atoms with Crippen LogP contribution in [-0.2, 0) is 9.53 Å². The van der Waals surface area contributed by atoms with Gasteiger partial charge in [0.2, 0.25) is 0 Å². The van der Waals surface area contributed by atoms with E-state index in [0.29, 0.717) is 17.7 Å². The Morgan fingerprint density at radius 3 is 2.73 bits per heavy atom. The number of esters is 1. The smallest absolute Gasteiger partial charge is 0.354 e. The molecule has 9 heteroatoms. The van der Waals surface area contributed by atoms with Gasteiger partial charge in [0.05, 0.1) is 22.8 Å². The van der Waals surface area contributed by atoms with E-state index in [1.165, 1.54) is 12.1 Å². The van der Waals surface area contributed by atoms with E-state index in [9.17, 15) is 14.9 Å². The molecule has 1 N–H and O–H groups in total. The van der Waals surface area contributed by atoms with Crippen molar-refractivity contribution in [3.05, 3.63) is 33.9 Å². The molecular weight excluding hydrogens is 290 g/mol. The normalized spacial score (nSPS) is 11.5. The molecule has 0 saturated carbocycles. The van der Waals surface area contributed by atoms with Crippen molar-refractivity contribution in [1.82, 2.24) is 5.53 Å². The number of rotatable bonds is 7. The van der Waals surface area contributed by atoms with Crippen LogP contribution in [0, 0.1) is 17.0 Å². The minimum atomic E-state index is -0.528. The average molecular weight is 307 g/mol. The molecule has 0 bridgehead atoms. The highest BCUT2D eigenvalue weighted by molar-refractivity contribution is 6.36. The molecule has 0 unspecified atom stereocenters. The van der Waals surface area contributed by atoms with Crippen molar-refractivity contribution in [3.63, 3.8) is 0 Å². The number of nitro groups is 1. The fourth-order valence-corrected chi connectivity index (χ4v) is 1.56. The van der Waals surface area contributed by atoms with Gasteiger partial charge in [-0.25, -0.2) is 4.79 Å². The summed E-state index contributed by atoms with van der Waals surface area (Å²) < 4.78 is 4.81. The van der Waals surface area contributed by atoms with Gasteiger partial charge in [0.15, 0.2) is 0 Å². The van der Waals surface area contributed by atoms with Gasteiger partial charge < -0.3 is 4.74 Å². The van der Waals surface area contributed by atoms with E-state index in [-0.39, 0.29) is 18.0 Å². The lowest BCUT2D eigenvalue weighted by Gasteiger charge is -2.02. The summed E-state index contributed by atoms with van der Waals surface area (Å²) in [4.78, 5) is 21.8. The summed E-state index contributed by atoms with van der Waals surface area (Å²) in [6.07, 6.45) is 0.372. The Labute approximate surface area is 127 Å². The van der Waals surface area contributed by atoms with Gasteiger partial charge in [-0.05, 0) is 26.3 Å². The third-order valence-electron chi connectivity index (χ3n) is 2.71. The first-order valence-corrected chi connectivity index (χ1v) is 6.64. The van der Waals surface area contributed by atoms with Crippen LogP contribution in [0.1, 0.15) is 25.8 Å². The zero-order valence-electron chi connectivity index (χ0n) is 12.6. The third kappa shape index (κ3) is 4.62. The molecular formula is C13H17N5O4. The lowest BCUT2D eigenvalue weighted by atomic mass is 10.2. The second-order valence-electron chi connectivity index (χ2n) is 4.11. The van der Waals surface area contributed by atoms with Crippen LogP contribution in [0.5, 0.6) is 0 Å². The highest BCUT2D eigenvalue weighted by atomic mass is 16.6. The quantitative estimate of drug-likeness (QED) is 0.273. The zero-order valence-corrected chi connectivity index (χ0v) is 12.6. The van der Waals surface area contributed by atoms with E-state index < -0.39 is 10.9 Å². The summed E-state index contributed by atoms with van der Waals surface area (Å²) >= 11 is 0. The molecule has 0 fully saturated rings. The zero-order chi connectivity index (χ0) is 16.5. The van der Waals surface area contributed by atoms with Crippen molar-refractivity contribution in [1.29, 1.82) is 0 Å². The SMILES string of the molecule is CCOC(=O)C(CC)=NNN=Nc1cccc([N+](=O)[O-])c1C. The predicted molar refractivity (Wildman–Crippen MR) is 79.8 cm³/mol. The maximum Gasteiger partial charge on any atom is 0.354 e. The van der Waals surface area contributed by atoms with Gasteiger partial charge in [0, 0.05) is 6.07 Å². The molecule has 0 aliphatic carbocycles. The Balaban J connectivity index is 2.80. The number of carbonyl (C=O) groups is 1. The Morgan fingerprint density at radius 2 is 2.14 bits per heavy atom. The number of hydrogen-bond donors (Lipinski definition) is 1. The number of hydrazone groups is 1. The molecule has 0 saturated heterocycles. The molecule has 0 aliphatic heterocycles. The molecule has 0 amide bonds. The number of ether oxygens (including phenoxy) is 1. The second kappa shape index (κ2) is 8.45. The Hall–Kier alpha value is -2.84. The Morgan fingerprint density at radius 1 is 1.41 bits per heavy atom. The first-order valence-electron chi connectivity index (χ1n) is 6.64. The van der Waals surface area contributed by atoms with Crippen LogP contribution in [0.15, 0.2) is 33.6 Å². The lowest BCUT2D eigenvalue weighted by molar-refractivity contribution is -0.385. The van der Waals surface area contributed by atoms with Crippen LogP contribution in [0.2, 0.25) is 0 Å². The Bertz CT molecular complexity index is 612. The molecule has 118 valence electrons. The third-order valence-corrected chi connectivity index (χ3v) is 2.71. The van der Waals surface area contributed by atoms with Crippen LogP contribution in [0.25, 0.3) is 0 Å². The topological polar surface area (TPSA) is 119 Å². The van der Waals surface area contributed by atoms with Crippen molar-refractivity contribution in [3.8, 4) is 0 Å². The largest absolute Gasteiger partial charge is 0.461 e. The molecule has 1 rings (SSSR count). The van der Waals surface area contributed by atoms with E-state index in [2.05, 4.69) is 21.0 Å². The van der Waals surface area contributed by atoms with Crippen molar-refractivity contribution in [2.45, 2.75) is 27.2 Å². The molecule has 9 nitrogen and oxygen atoms in total.